The Labute approximate surface area is 118 Å². The lowest BCUT2D eigenvalue weighted by molar-refractivity contribution is -0.134. The number of carbonyl (C=O) groups excluding carboxylic acids is 3. The Bertz CT molecular complexity index is 575. The number of carbonyl (C=O) groups is 3. The monoisotopic (exact) mass is 325 g/mol. The number of benzene rings is 1. The summed E-state index contributed by atoms with van der Waals surface area (Å²) < 4.78 is 0.793. The fourth-order valence-electron chi connectivity index (χ4n) is 1.99. The standard InChI is InChI=1S/C12H12BrN3O3/c1-12(7-3-2-4-8(13)5-7)10(18)16(6-9(14)17)11(19)15-12/h2-5H,6H2,1H3,(H2,14,17)(H,15,19)/t12-/m0/s1. The van der Waals surface area contributed by atoms with E-state index in [2.05, 4.69) is 21.2 Å². The van der Waals surface area contributed by atoms with E-state index >= 15 is 0 Å². The number of nitrogens with one attached hydrogen (secondary N) is 1. The van der Waals surface area contributed by atoms with Crippen LogP contribution in [-0.4, -0.2) is 29.3 Å². The maximum Gasteiger partial charge on any atom is 0.325 e. The van der Waals surface area contributed by atoms with Gasteiger partial charge in [0.05, 0.1) is 0 Å². The molecule has 1 atom stereocenters. The highest BCUT2D eigenvalue weighted by molar-refractivity contribution is 9.10. The van der Waals surface area contributed by atoms with Gasteiger partial charge in [-0.3, -0.25) is 14.5 Å². The summed E-state index contributed by atoms with van der Waals surface area (Å²) in [5.74, 6) is -1.23. The van der Waals surface area contributed by atoms with Crippen molar-refractivity contribution in [3.63, 3.8) is 0 Å². The van der Waals surface area contributed by atoms with E-state index in [0.29, 0.717) is 5.56 Å². The second-order valence-corrected chi connectivity index (χ2v) is 5.34. The van der Waals surface area contributed by atoms with Crippen LogP contribution in [0.1, 0.15) is 12.5 Å². The van der Waals surface area contributed by atoms with E-state index in [1.165, 1.54) is 0 Å². The molecule has 1 aromatic rings. The van der Waals surface area contributed by atoms with Crippen molar-refractivity contribution in [3.8, 4) is 0 Å². The SMILES string of the molecule is C[C@@]1(c2cccc(Br)c2)NC(=O)N(CC(N)=O)C1=O. The molecule has 0 aromatic heterocycles. The highest BCUT2D eigenvalue weighted by Crippen LogP contribution is 2.30. The topological polar surface area (TPSA) is 92.5 Å². The zero-order valence-corrected chi connectivity index (χ0v) is 11.7. The van der Waals surface area contributed by atoms with E-state index in [1.54, 1.807) is 25.1 Å². The molecule has 0 radical (unpaired) electrons. The molecule has 1 saturated heterocycles. The third kappa shape index (κ3) is 2.33. The van der Waals surface area contributed by atoms with Gasteiger partial charge >= 0.3 is 6.03 Å². The lowest BCUT2D eigenvalue weighted by atomic mass is 9.92. The highest BCUT2D eigenvalue weighted by atomic mass is 79.9. The van der Waals surface area contributed by atoms with Crippen molar-refractivity contribution < 1.29 is 14.4 Å². The summed E-state index contributed by atoms with van der Waals surface area (Å²) in [4.78, 5) is 35.8. The van der Waals surface area contributed by atoms with Crippen LogP contribution < -0.4 is 11.1 Å². The molecule has 6 nitrogen and oxygen atoms in total. The smallest absolute Gasteiger partial charge is 0.325 e. The summed E-state index contributed by atoms with van der Waals surface area (Å²) >= 11 is 3.31. The molecule has 0 unspecified atom stereocenters. The summed E-state index contributed by atoms with van der Waals surface area (Å²) in [5, 5.41) is 2.59. The number of nitrogens with two attached hydrogens (primary N) is 1. The Morgan fingerprint density at radius 1 is 1.47 bits per heavy atom. The molecule has 4 amide bonds. The maximum absolute atomic E-state index is 12.3. The third-order valence-corrected chi connectivity index (χ3v) is 3.48. The van der Waals surface area contributed by atoms with Crippen molar-refractivity contribution in [2.75, 3.05) is 6.54 Å². The van der Waals surface area contributed by atoms with Gasteiger partial charge in [-0.2, -0.15) is 0 Å². The second kappa shape index (κ2) is 4.65. The van der Waals surface area contributed by atoms with Gasteiger partial charge < -0.3 is 11.1 Å². The van der Waals surface area contributed by atoms with Crippen LogP contribution in [-0.2, 0) is 15.1 Å². The fraction of sp³-hybridized carbons (Fsp3) is 0.250. The molecular weight excluding hydrogens is 314 g/mol. The van der Waals surface area contributed by atoms with Crippen LogP contribution in [0.2, 0.25) is 0 Å². The molecular formula is C12H12BrN3O3. The summed E-state index contributed by atoms with van der Waals surface area (Å²) in [7, 11) is 0. The first-order chi connectivity index (χ1) is 8.84. The summed E-state index contributed by atoms with van der Waals surface area (Å²) in [5.41, 5.74) is 4.48. The first kappa shape index (κ1) is 13.5. The zero-order valence-electron chi connectivity index (χ0n) is 10.1. The van der Waals surface area contributed by atoms with Gasteiger partial charge in [0.1, 0.15) is 12.1 Å². The molecule has 100 valence electrons. The highest BCUT2D eigenvalue weighted by Gasteiger charge is 2.49. The van der Waals surface area contributed by atoms with Gasteiger partial charge in [0.15, 0.2) is 0 Å². The van der Waals surface area contributed by atoms with E-state index in [-0.39, 0.29) is 0 Å². The number of nitrogens with zero attached hydrogens (tertiary/aromatic N) is 1. The van der Waals surface area contributed by atoms with Crippen molar-refractivity contribution in [2.24, 2.45) is 5.73 Å². The van der Waals surface area contributed by atoms with Crippen LogP contribution >= 0.6 is 15.9 Å². The van der Waals surface area contributed by atoms with Crippen molar-refractivity contribution in [2.45, 2.75) is 12.5 Å². The number of imide groups is 1. The Hall–Kier alpha value is -1.89. The molecule has 3 N–H and O–H groups in total. The average molecular weight is 326 g/mol. The van der Waals surface area contributed by atoms with Crippen molar-refractivity contribution >= 4 is 33.8 Å². The van der Waals surface area contributed by atoms with Gasteiger partial charge in [-0.25, -0.2) is 4.79 Å². The molecule has 1 aliphatic rings. The maximum atomic E-state index is 12.3. The minimum Gasteiger partial charge on any atom is -0.368 e. The van der Waals surface area contributed by atoms with Crippen molar-refractivity contribution in [1.29, 1.82) is 0 Å². The average Bonchev–Trinajstić information content (AvgIpc) is 2.54. The number of primary amides is 1. The van der Waals surface area contributed by atoms with Gasteiger partial charge in [0.2, 0.25) is 5.91 Å². The predicted molar refractivity (Wildman–Crippen MR) is 70.9 cm³/mol. The Morgan fingerprint density at radius 2 is 2.16 bits per heavy atom. The molecule has 1 fully saturated rings. The van der Waals surface area contributed by atoms with E-state index in [1.807, 2.05) is 6.07 Å². The predicted octanol–water partition coefficient (Wildman–Crippen LogP) is 0.701. The Morgan fingerprint density at radius 3 is 2.74 bits per heavy atom. The number of amides is 4. The minimum atomic E-state index is -1.18. The molecule has 0 aliphatic carbocycles. The minimum absolute atomic E-state index is 0.422. The van der Waals surface area contributed by atoms with Crippen LogP contribution in [0.15, 0.2) is 28.7 Å². The largest absolute Gasteiger partial charge is 0.368 e. The van der Waals surface area contributed by atoms with E-state index < -0.39 is 29.9 Å². The Kier molecular flexibility index (Phi) is 3.32. The number of halogens is 1. The van der Waals surface area contributed by atoms with Crippen molar-refractivity contribution in [1.82, 2.24) is 10.2 Å². The van der Waals surface area contributed by atoms with Gasteiger partial charge in [-0.05, 0) is 24.6 Å². The lowest BCUT2D eigenvalue weighted by Gasteiger charge is -2.22. The first-order valence-electron chi connectivity index (χ1n) is 5.53. The molecule has 1 aliphatic heterocycles. The van der Waals surface area contributed by atoms with Crippen LogP contribution in [0.5, 0.6) is 0 Å². The molecule has 0 bridgehead atoms. The quantitative estimate of drug-likeness (QED) is 0.801. The van der Waals surface area contributed by atoms with Gasteiger partial charge in [0, 0.05) is 4.47 Å². The van der Waals surface area contributed by atoms with Crippen LogP contribution in [0.25, 0.3) is 0 Å². The number of rotatable bonds is 3. The summed E-state index contributed by atoms with van der Waals surface area (Å²) in [6, 6.07) is 6.44. The molecule has 1 aromatic carbocycles. The van der Waals surface area contributed by atoms with Crippen LogP contribution in [0.3, 0.4) is 0 Å². The fourth-order valence-corrected chi connectivity index (χ4v) is 2.39. The van der Waals surface area contributed by atoms with Crippen LogP contribution in [0.4, 0.5) is 4.79 Å². The van der Waals surface area contributed by atoms with Gasteiger partial charge in [0.25, 0.3) is 5.91 Å². The summed E-state index contributed by atoms with van der Waals surface area (Å²) in [6.45, 7) is 1.17. The molecule has 19 heavy (non-hydrogen) atoms. The van der Waals surface area contributed by atoms with Gasteiger partial charge in [-0.1, -0.05) is 28.1 Å². The Balaban J connectivity index is 2.38. The first-order valence-corrected chi connectivity index (χ1v) is 6.32. The number of hydrogen-bond donors (Lipinski definition) is 2. The van der Waals surface area contributed by atoms with E-state index in [0.717, 1.165) is 9.37 Å². The number of urea groups is 1. The molecule has 0 spiro atoms. The molecule has 2 rings (SSSR count). The van der Waals surface area contributed by atoms with Crippen LogP contribution in [0, 0.1) is 0 Å². The number of hydrogen-bond acceptors (Lipinski definition) is 3. The van der Waals surface area contributed by atoms with E-state index in [4.69, 9.17) is 5.73 Å². The second-order valence-electron chi connectivity index (χ2n) is 4.42. The third-order valence-electron chi connectivity index (χ3n) is 2.99. The molecule has 1 heterocycles. The summed E-state index contributed by atoms with van der Waals surface area (Å²) in [6.07, 6.45) is 0. The van der Waals surface area contributed by atoms with E-state index in [9.17, 15) is 14.4 Å². The van der Waals surface area contributed by atoms with Gasteiger partial charge in [-0.15, -0.1) is 0 Å². The molecule has 7 heteroatoms. The van der Waals surface area contributed by atoms with Crippen molar-refractivity contribution in [3.05, 3.63) is 34.3 Å². The zero-order chi connectivity index (χ0) is 14.2. The molecule has 0 saturated carbocycles. The lowest BCUT2D eigenvalue weighted by Crippen LogP contribution is -2.42. The normalized spacial score (nSPS) is 22.5.